The molecule has 3 aromatic rings. The van der Waals surface area contributed by atoms with E-state index in [4.69, 9.17) is 9.90 Å². The van der Waals surface area contributed by atoms with Crippen LogP contribution in [0.5, 0.6) is 0 Å². The number of aliphatic carboxylic acids is 1. The SMILES string of the molecule is O=C(NCCC1CN(Cc2cccs2)Cc2ccnn21)c1ccsc1.O=C(O)C(F)(F)F. The molecule has 32 heavy (non-hydrogen) atoms. The molecule has 172 valence electrons. The average molecular weight is 487 g/mol. The van der Waals surface area contributed by atoms with Gasteiger partial charge >= 0.3 is 12.1 Å². The number of halogens is 3. The number of alkyl halides is 3. The molecular formula is C20H21F3N4O3S2. The summed E-state index contributed by atoms with van der Waals surface area (Å²) in [7, 11) is 0. The van der Waals surface area contributed by atoms with Crippen LogP contribution >= 0.6 is 22.7 Å². The highest BCUT2D eigenvalue weighted by Gasteiger charge is 2.38. The Labute approximate surface area is 190 Å². The van der Waals surface area contributed by atoms with E-state index in [1.54, 1.807) is 22.7 Å². The van der Waals surface area contributed by atoms with Crippen LogP contribution in [0.25, 0.3) is 0 Å². The normalized spacial score (nSPS) is 16.0. The molecule has 4 rings (SSSR count). The lowest BCUT2D eigenvalue weighted by atomic mass is 10.1. The van der Waals surface area contributed by atoms with Gasteiger partial charge in [0.15, 0.2) is 0 Å². The van der Waals surface area contributed by atoms with Crippen molar-refractivity contribution in [3.05, 3.63) is 62.7 Å². The molecule has 7 nitrogen and oxygen atoms in total. The van der Waals surface area contributed by atoms with E-state index in [0.29, 0.717) is 12.6 Å². The Morgan fingerprint density at radius 2 is 2.03 bits per heavy atom. The van der Waals surface area contributed by atoms with E-state index in [1.165, 1.54) is 10.6 Å². The second-order valence-corrected chi connectivity index (χ2v) is 8.84. The van der Waals surface area contributed by atoms with Gasteiger partial charge in [-0.3, -0.25) is 14.4 Å². The molecule has 0 fully saturated rings. The summed E-state index contributed by atoms with van der Waals surface area (Å²) in [5.41, 5.74) is 1.99. The topological polar surface area (TPSA) is 87.5 Å². The second-order valence-electron chi connectivity index (χ2n) is 7.03. The van der Waals surface area contributed by atoms with E-state index in [9.17, 15) is 18.0 Å². The Hall–Kier alpha value is -2.70. The molecular weight excluding hydrogens is 465 g/mol. The highest BCUT2D eigenvalue weighted by Crippen LogP contribution is 2.25. The number of carbonyl (C=O) groups excluding carboxylic acids is 1. The number of thiophene rings is 2. The van der Waals surface area contributed by atoms with Crippen LogP contribution in [-0.2, 0) is 17.9 Å². The summed E-state index contributed by atoms with van der Waals surface area (Å²) in [6.07, 6.45) is -2.33. The van der Waals surface area contributed by atoms with Gasteiger partial charge in [-0.1, -0.05) is 6.07 Å². The summed E-state index contributed by atoms with van der Waals surface area (Å²) in [4.78, 5) is 24.8. The number of aromatic nitrogens is 2. The van der Waals surface area contributed by atoms with Crippen molar-refractivity contribution < 1.29 is 27.9 Å². The van der Waals surface area contributed by atoms with Gasteiger partial charge in [0, 0.05) is 48.2 Å². The summed E-state index contributed by atoms with van der Waals surface area (Å²) < 4.78 is 33.9. The van der Waals surface area contributed by atoms with Crippen molar-refractivity contribution in [3.63, 3.8) is 0 Å². The minimum Gasteiger partial charge on any atom is -0.475 e. The van der Waals surface area contributed by atoms with Gasteiger partial charge in [0.05, 0.1) is 11.7 Å². The first-order valence-corrected chi connectivity index (χ1v) is 11.4. The van der Waals surface area contributed by atoms with Crippen molar-refractivity contribution in [3.8, 4) is 0 Å². The molecule has 0 aliphatic carbocycles. The number of fused-ring (bicyclic) bond motifs is 1. The number of hydrogen-bond acceptors (Lipinski definition) is 6. The largest absolute Gasteiger partial charge is 0.490 e. The number of amides is 1. The van der Waals surface area contributed by atoms with Crippen molar-refractivity contribution in [2.75, 3.05) is 13.1 Å². The zero-order valence-corrected chi connectivity index (χ0v) is 18.4. The van der Waals surface area contributed by atoms with Crippen LogP contribution in [-0.4, -0.2) is 50.9 Å². The van der Waals surface area contributed by atoms with Crippen molar-refractivity contribution in [2.24, 2.45) is 0 Å². The summed E-state index contributed by atoms with van der Waals surface area (Å²) in [6, 6.07) is 8.53. The van der Waals surface area contributed by atoms with Gasteiger partial charge in [-0.05, 0) is 35.4 Å². The Bertz CT molecular complexity index is 1000. The number of rotatable bonds is 6. The maximum Gasteiger partial charge on any atom is 0.490 e. The van der Waals surface area contributed by atoms with Crippen LogP contribution in [0.3, 0.4) is 0 Å². The van der Waals surface area contributed by atoms with E-state index in [-0.39, 0.29) is 5.91 Å². The van der Waals surface area contributed by atoms with Crippen LogP contribution in [0.1, 0.15) is 33.4 Å². The summed E-state index contributed by atoms with van der Waals surface area (Å²) in [5, 5.41) is 20.6. The number of nitrogens with one attached hydrogen (secondary N) is 1. The van der Waals surface area contributed by atoms with Gasteiger partial charge in [0.25, 0.3) is 5.91 Å². The molecule has 0 saturated heterocycles. The van der Waals surface area contributed by atoms with E-state index in [2.05, 4.69) is 43.6 Å². The van der Waals surface area contributed by atoms with E-state index < -0.39 is 12.1 Å². The van der Waals surface area contributed by atoms with Gasteiger partial charge in [-0.15, -0.1) is 11.3 Å². The summed E-state index contributed by atoms with van der Waals surface area (Å²) >= 11 is 3.34. The quantitative estimate of drug-likeness (QED) is 0.550. The van der Waals surface area contributed by atoms with Crippen molar-refractivity contribution in [2.45, 2.75) is 31.7 Å². The molecule has 12 heteroatoms. The first-order chi connectivity index (χ1) is 15.2. The van der Waals surface area contributed by atoms with Crippen molar-refractivity contribution in [1.29, 1.82) is 0 Å². The number of carbonyl (C=O) groups is 2. The lowest BCUT2D eigenvalue weighted by Crippen LogP contribution is -2.38. The molecule has 1 aliphatic heterocycles. The lowest BCUT2D eigenvalue weighted by Gasteiger charge is -2.33. The Balaban J connectivity index is 0.000000360. The maximum absolute atomic E-state index is 12.1. The predicted molar refractivity (Wildman–Crippen MR) is 115 cm³/mol. The zero-order chi connectivity index (χ0) is 23.1. The smallest absolute Gasteiger partial charge is 0.475 e. The minimum atomic E-state index is -5.08. The van der Waals surface area contributed by atoms with Crippen LogP contribution < -0.4 is 5.32 Å². The van der Waals surface area contributed by atoms with Crippen LogP contribution in [0.4, 0.5) is 13.2 Å². The summed E-state index contributed by atoms with van der Waals surface area (Å²) in [5.74, 6) is -2.75. The van der Waals surface area contributed by atoms with Gasteiger partial charge in [-0.2, -0.15) is 29.6 Å². The van der Waals surface area contributed by atoms with Crippen LogP contribution in [0, 0.1) is 0 Å². The van der Waals surface area contributed by atoms with Gasteiger partial charge < -0.3 is 10.4 Å². The third-order valence-electron chi connectivity index (χ3n) is 4.70. The predicted octanol–water partition coefficient (Wildman–Crippen LogP) is 4.02. The monoisotopic (exact) mass is 486 g/mol. The average Bonchev–Trinajstić information content (AvgIpc) is 3.50. The fraction of sp³-hybridized carbons (Fsp3) is 0.350. The van der Waals surface area contributed by atoms with Crippen LogP contribution in [0.2, 0.25) is 0 Å². The Kier molecular flexibility index (Phi) is 8.04. The molecule has 3 aromatic heterocycles. The van der Waals surface area contributed by atoms with Crippen molar-refractivity contribution in [1.82, 2.24) is 20.0 Å². The van der Waals surface area contributed by atoms with E-state index >= 15 is 0 Å². The highest BCUT2D eigenvalue weighted by molar-refractivity contribution is 7.09. The van der Waals surface area contributed by atoms with Gasteiger partial charge in [0.1, 0.15) is 0 Å². The molecule has 1 atom stereocenters. The standard InChI is InChI=1S/C18H20N4OS2.C2HF3O2/c23-18(14-5-9-24-13-14)19-6-3-15-10-21(12-17-2-1-8-25-17)11-16-4-7-20-22(15)16;3-2(4,5)1(6)7/h1-2,4-5,7-9,13,15H,3,6,10-12H2,(H,19,23);(H,6,7). The lowest BCUT2D eigenvalue weighted by molar-refractivity contribution is -0.192. The Morgan fingerprint density at radius 3 is 2.66 bits per heavy atom. The fourth-order valence-electron chi connectivity index (χ4n) is 3.27. The molecule has 2 N–H and O–H groups in total. The molecule has 0 spiro atoms. The number of carboxylic acid groups (broad SMARTS) is 1. The molecule has 0 saturated carbocycles. The molecule has 0 radical (unpaired) electrons. The van der Waals surface area contributed by atoms with E-state index in [0.717, 1.165) is 31.6 Å². The third-order valence-corrected chi connectivity index (χ3v) is 6.25. The van der Waals surface area contributed by atoms with Gasteiger partial charge in [-0.25, -0.2) is 4.79 Å². The number of hydrogen-bond donors (Lipinski definition) is 2. The molecule has 1 amide bonds. The highest BCUT2D eigenvalue weighted by atomic mass is 32.1. The fourth-order valence-corrected chi connectivity index (χ4v) is 4.65. The summed E-state index contributed by atoms with van der Waals surface area (Å²) in [6.45, 7) is 3.52. The molecule has 4 heterocycles. The minimum absolute atomic E-state index is 0.00758. The maximum atomic E-state index is 12.1. The first-order valence-electron chi connectivity index (χ1n) is 9.61. The number of carboxylic acids is 1. The zero-order valence-electron chi connectivity index (χ0n) is 16.8. The molecule has 0 bridgehead atoms. The van der Waals surface area contributed by atoms with Gasteiger partial charge in [0.2, 0.25) is 0 Å². The molecule has 1 aliphatic rings. The molecule has 0 aromatic carbocycles. The second kappa shape index (κ2) is 10.7. The first kappa shape index (κ1) is 24.0. The van der Waals surface area contributed by atoms with E-state index in [1.807, 2.05) is 23.0 Å². The Morgan fingerprint density at radius 1 is 1.25 bits per heavy atom. The molecule has 1 unspecified atom stereocenters. The van der Waals surface area contributed by atoms with Crippen molar-refractivity contribution >= 4 is 34.6 Å². The van der Waals surface area contributed by atoms with Crippen LogP contribution in [0.15, 0.2) is 46.6 Å². The number of nitrogens with zero attached hydrogens (tertiary/aromatic N) is 3. The third kappa shape index (κ3) is 6.65.